The van der Waals surface area contributed by atoms with Gasteiger partial charge >= 0.3 is 0 Å². The van der Waals surface area contributed by atoms with Gasteiger partial charge < -0.3 is 20.4 Å². The van der Waals surface area contributed by atoms with Gasteiger partial charge in [-0.3, -0.25) is 9.59 Å². The minimum atomic E-state index is -0.854. The lowest BCUT2D eigenvalue weighted by molar-refractivity contribution is -0.120. The molecule has 0 aliphatic carbocycles. The average Bonchev–Trinajstić information content (AvgIpc) is 2.75. The average molecular weight is 417 g/mol. The topological polar surface area (TPSA) is 77.6 Å². The lowest BCUT2D eigenvalue weighted by atomic mass is 10.2. The second kappa shape index (κ2) is 10.1. The van der Waals surface area contributed by atoms with Crippen LogP contribution in [0.25, 0.3) is 0 Å². The largest absolute Gasteiger partial charge is 0.354 e. The Hall–Kier alpha value is -3.07. The second-order valence-corrected chi connectivity index (χ2v) is 7.06. The predicted molar refractivity (Wildman–Crippen MR) is 109 cm³/mol. The third-order valence-corrected chi connectivity index (χ3v) is 4.98. The monoisotopic (exact) mass is 417 g/mol. The van der Waals surface area contributed by atoms with Crippen molar-refractivity contribution in [2.24, 2.45) is 0 Å². The number of piperazine rings is 1. The molecule has 0 saturated carbocycles. The van der Waals surface area contributed by atoms with Crippen LogP contribution in [0.4, 0.5) is 14.6 Å². The molecule has 30 heavy (non-hydrogen) atoms. The Balaban J connectivity index is 1.43. The molecule has 1 aromatic carbocycles. The number of rotatable bonds is 7. The molecule has 0 unspecified atom stereocenters. The fourth-order valence-electron chi connectivity index (χ4n) is 3.21. The Morgan fingerprint density at radius 3 is 2.33 bits per heavy atom. The van der Waals surface area contributed by atoms with Crippen molar-refractivity contribution in [3.63, 3.8) is 0 Å². The molecular formula is C21H25F2N5O2. The minimum absolute atomic E-state index is 0.181. The molecule has 1 fully saturated rings. The summed E-state index contributed by atoms with van der Waals surface area (Å²) >= 11 is 0. The Bertz CT molecular complexity index is 863. The first kappa shape index (κ1) is 21.6. The van der Waals surface area contributed by atoms with E-state index in [-0.39, 0.29) is 18.7 Å². The molecule has 0 bridgehead atoms. The van der Waals surface area contributed by atoms with Gasteiger partial charge in [-0.05, 0) is 30.3 Å². The number of nitrogens with one attached hydrogen (secondary N) is 2. The van der Waals surface area contributed by atoms with Crippen molar-refractivity contribution in [3.05, 3.63) is 59.3 Å². The summed E-state index contributed by atoms with van der Waals surface area (Å²) in [5.41, 5.74) is 0.651. The van der Waals surface area contributed by atoms with Gasteiger partial charge in [0.2, 0.25) is 5.91 Å². The number of hydrogen-bond acceptors (Lipinski definition) is 5. The molecule has 1 saturated heterocycles. The fourth-order valence-corrected chi connectivity index (χ4v) is 3.21. The molecule has 1 aliphatic rings. The Kier molecular flexibility index (Phi) is 7.29. The van der Waals surface area contributed by atoms with Crippen LogP contribution in [0.1, 0.15) is 22.8 Å². The number of nitrogens with zero attached hydrogens (tertiary/aromatic N) is 3. The third-order valence-electron chi connectivity index (χ3n) is 4.98. The number of amides is 2. The molecule has 3 rings (SSSR count). The number of halogens is 2. The molecular weight excluding hydrogens is 392 g/mol. The van der Waals surface area contributed by atoms with Gasteiger partial charge in [-0.2, -0.15) is 0 Å². The maximum absolute atomic E-state index is 13.2. The van der Waals surface area contributed by atoms with E-state index in [0.29, 0.717) is 6.07 Å². The molecule has 1 aromatic heterocycles. The van der Waals surface area contributed by atoms with Crippen molar-refractivity contribution in [3.8, 4) is 0 Å². The highest BCUT2D eigenvalue weighted by atomic mass is 19.1. The highest BCUT2D eigenvalue weighted by molar-refractivity contribution is 5.96. The maximum Gasteiger partial charge on any atom is 0.251 e. The van der Waals surface area contributed by atoms with Crippen LogP contribution in [0.3, 0.4) is 0 Å². The number of carbonyl (C=O) groups is 2. The summed E-state index contributed by atoms with van der Waals surface area (Å²) < 4.78 is 26.3. The van der Waals surface area contributed by atoms with Crippen LogP contribution in [0.5, 0.6) is 0 Å². The van der Waals surface area contributed by atoms with Gasteiger partial charge in [0.25, 0.3) is 5.91 Å². The van der Waals surface area contributed by atoms with E-state index >= 15 is 0 Å². The van der Waals surface area contributed by atoms with Gasteiger partial charge in [0.15, 0.2) is 0 Å². The maximum atomic E-state index is 13.2. The standard InChI is InChI=1S/C21H25F2N5O2/c1-2-27-5-7-28(8-6-27)19-4-3-15(12-24-19)13-25-20(29)14-26-21(30)16-9-17(22)11-18(23)10-16/h3-4,9-12H,2,5-8,13-14H2,1H3,(H,25,29)(H,26,30). The number of carbonyl (C=O) groups excluding carboxylic acids is 2. The molecule has 0 atom stereocenters. The lowest BCUT2D eigenvalue weighted by Crippen LogP contribution is -2.46. The highest BCUT2D eigenvalue weighted by Crippen LogP contribution is 2.14. The molecule has 0 radical (unpaired) electrons. The van der Waals surface area contributed by atoms with Gasteiger partial charge in [-0.25, -0.2) is 13.8 Å². The smallest absolute Gasteiger partial charge is 0.251 e. The van der Waals surface area contributed by atoms with Crippen molar-refractivity contribution < 1.29 is 18.4 Å². The van der Waals surface area contributed by atoms with Crippen molar-refractivity contribution in [2.45, 2.75) is 13.5 Å². The van der Waals surface area contributed by atoms with E-state index in [4.69, 9.17) is 0 Å². The summed E-state index contributed by atoms with van der Waals surface area (Å²) in [5.74, 6) is -1.94. The summed E-state index contributed by atoms with van der Waals surface area (Å²) in [4.78, 5) is 33.0. The first-order valence-electron chi connectivity index (χ1n) is 9.88. The highest BCUT2D eigenvalue weighted by Gasteiger charge is 2.16. The molecule has 2 N–H and O–H groups in total. The Morgan fingerprint density at radius 1 is 1.03 bits per heavy atom. The van der Waals surface area contributed by atoms with Crippen LogP contribution in [0.15, 0.2) is 36.5 Å². The van der Waals surface area contributed by atoms with E-state index < -0.39 is 23.4 Å². The summed E-state index contributed by atoms with van der Waals surface area (Å²) in [6, 6.07) is 6.33. The van der Waals surface area contributed by atoms with Gasteiger partial charge in [0, 0.05) is 50.6 Å². The van der Waals surface area contributed by atoms with E-state index in [1.54, 1.807) is 6.20 Å². The number of anilines is 1. The summed E-state index contributed by atoms with van der Waals surface area (Å²) in [6.07, 6.45) is 1.72. The molecule has 160 valence electrons. The first-order valence-corrected chi connectivity index (χ1v) is 9.88. The van der Waals surface area contributed by atoms with E-state index in [2.05, 4.69) is 32.3 Å². The van der Waals surface area contributed by atoms with Gasteiger partial charge in [-0.15, -0.1) is 0 Å². The van der Waals surface area contributed by atoms with Gasteiger partial charge in [0.1, 0.15) is 17.5 Å². The Labute approximate surface area is 174 Å². The molecule has 1 aliphatic heterocycles. The number of aromatic nitrogens is 1. The lowest BCUT2D eigenvalue weighted by Gasteiger charge is -2.34. The quantitative estimate of drug-likeness (QED) is 0.715. The zero-order valence-electron chi connectivity index (χ0n) is 16.8. The predicted octanol–water partition coefficient (Wildman–Crippen LogP) is 1.55. The van der Waals surface area contributed by atoms with E-state index in [0.717, 1.165) is 56.2 Å². The van der Waals surface area contributed by atoms with Gasteiger partial charge in [-0.1, -0.05) is 13.0 Å². The van der Waals surface area contributed by atoms with Crippen LogP contribution in [-0.2, 0) is 11.3 Å². The molecule has 2 aromatic rings. The van der Waals surface area contributed by atoms with Crippen LogP contribution in [0.2, 0.25) is 0 Å². The summed E-state index contributed by atoms with van der Waals surface area (Å²) in [6.45, 7) is 7.08. The second-order valence-electron chi connectivity index (χ2n) is 7.06. The normalized spacial score (nSPS) is 14.4. The van der Waals surface area contributed by atoms with Crippen molar-refractivity contribution in [1.82, 2.24) is 20.5 Å². The van der Waals surface area contributed by atoms with Gasteiger partial charge in [0.05, 0.1) is 6.54 Å². The van der Waals surface area contributed by atoms with E-state index in [1.807, 2.05) is 12.1 Å². The number of hydrogen-bond donors (Lipinski definition) is 2. The van der Waals surface area contributed by atoms with Crippen LogP contribution in [-0.4, -0.2) is 61.0 Å². The van der Waals surface area contributed by atoms with Crippen LogP contribution < -0.4 is 15.5 Å². The molecule has 7 nitrogen and oxygen atoms in total. The Morgan fingerprint density at radius 2 is 1.73 bits per heavy atom. The summed E-state index contributed by atoms with van der Waals surface area (Å²) in [7, 11) is 0. The fraction of sp³-hybridized carbons (Fsp3) is 0.381. The van der Waals surface area contributed by atoms with Crippen molar-refractivity contribution in [2.75, 3.05) is 44.2 Å². The molecule has 2 heterocycles. The molecule has 2 amide bonds. The van der Waals surface area contributed by atoms with Crippen molar-refractivity contribution in [1.29, 1.82) is 0 Å². The zero-order chi connectivity index (χ0) is 21.5. The van der Waals surface area contributed by atoms with E-state index in [9.17, 15) is 18.4 Å². The molecule has 0 spiro atoms. The summed E-state index contributed by atoms with van der Waals surface area (Å²) in [5, 5.41) is 5.02. The number of pyridine rings is 1. The first-order chi connectivity index (χ1) is 14.4. The van der Waals surface area contributed by atoms with Crippen molar-refractivity contribution >= 4 is 17.6 Å². The van der Waals surface area contributed by atoms with E-state index in [1.165, 1.54) is 0 Å². The number of benzene rings is 1. The number of likely N-dealkylation sites (N-methyl/N-ethyl adjacent to an activating group) is 1. The van der Waals surface area contributed by atoms with Crippen LogP contribution in [0, 0.1) is 11.6 Å². The SMILES string of the molecule is CCN1CCN(c2ccc(CNC(=O)CNC(=O)c3cc(F)cc(F)c3)cn2)CC1. The third kappa shape index (κ3) is 5.96. The molecule has 9 heteroatoms. The van der Waals surface area contributed by atoms with Crippen LogP contribution >= 0.6 is 0 Å². The minimum Gasteiger partial charge on any atom is -0.354 e. The zero-order valence-corrected chi connectivity index (χ0v) is 16.8.